The Balaban J connectivity index is 1.91. The number of nitrogens with one attached hydrogen (secondary N) is 1. The van der Waals surface area contributed by atoms with Gasteiger partial charge in [0.1, 0.15) is 5.69 Å². The van der Waals surface area contributed by atoms with Crippen molar-refractivity contribution >= 4 is 5.91 Å². The van der Waals surface area contributed by atoms with E-state index in [1.807, 2.05) is 0 Å². The first kappa shape index (κ1) is 10.1. The van der Waals surface area contributed by atoms with E-state index >= 15 is 0 Å². The van der Waals surface area contributed by atoms with E-state index in [0.717, 1.165) is 12.8 Å². The van der Waals surface area contributed by atoms with E-state index in [1.54, 1.807) is 6.20 Å². The van der Waals surface area contributed by atoms with E-state index in [2.05, 4.69) is 21.7 Å². The summed E-state index contributed by atoms with van der Waals surface area (Å²) in [6, 6.07) is 0.202. The van der Waals surface area contributed by atoms with Crippen molar-refractivity contribution in [2.24, 2.45) is 0 Å². The van der Waals surface area contributed by atoms with Gasteiger partial charge in [-0.1, -0.05) is 12.8 Å². The molecule has 0 aliphatic heterocycles. The summed E-state index contributed by atoms with van der Waals surface area (Å²) < 4.78 is 0. The Hall–Kier alpha value is -1.45. The first-order chi connectivity index (χ1) is 7.36. The SMILES string of the molecule is O=C(NC1[CH]CCCC1)c1cnccn1. The van der Waals surface area contributed by atoms with Crippen molar-refractivity contribution in [3.63, 3.8) is 0 Å². The van der Waals surface area contributed by atoms with Crippen molar-refractivity contribution < 1.29 is 4.79 Å². The molecular weight excluding hydrogens is 190 g/mol. The van der Waals surface area contributed by atoms with E-state index in [1.165, 1.54) is 25.2 Å². The first-order valence-electron chi connectivity index (χ1n) is 5.26. The Morgan fingerprint density at radius 1 is 1.40 bits per heavy atom. The molecule has 1 unspecified atom stereocenters. The second-order valence-electron chi connectivity index (χ2n) is 3.69. The quantitative estimate of drug-likeness (QED) is 0.791. The Morgan fingerprint density at radius 2 is 2.33 bits per heavy atom. The zero-order chi connectivity index (χ0) is 10.5. The molecule has 2 rings (SSSR count). The van der Waals surface area contributed by atoms with Crippen LogP contribution >= 0.6 is 0 Å². The fourth-order valence-electron chi connectivity index (χ4n) is 1.74. The van der Waals surface area contributed by atoms with Crippen molar-refractivity contribution in [1.82, 2.24) is 15.3 Å². The van der Waals surface area contributed by atoms with Gasteiger partial charge >= 0.3 is 0 Å². The molecule has 1 radical (unpaired) electrons. The lowest BCUT2D eigenvalue weighted by Crippen LogP contribution is -2.37. The van der Waals surface area contributed by atoms with Gasteiger partial charge in [-0.15, -0.1) is 0 Å². The summed E-state index contributed by atoms with van der Waals surface area (Å²) in [6.45, 7) is 0. The lowest BCUT2D eigenvalue weighted by molar-refractivity contribution is 0.0931. The summed E-state index contributed by atoms with van der Waals surface area (Å²) in [5, 5.41) is 2.94. The average molecular weight is 204 g/mol. The van der Waals surface area contributed by atoms with E-state index in [9.17, 15) is 4.79 Å². The monoisotopic (exact) mass is 204 g/mol. The molecule has 1 saturated carbocycles. The Morgan fingerprint density at radius 3 is 3.00 bits per heavy atom. The molecular formula is C11H14N3O. The van der Waals surface area contributed by atoms with Crippen LogP contribution in [0.4, 0.5) is 0 Å². The minimum Gasteiger partial charge on any atom is -0.348 e. The van der Waals surface area contributed by atoms with Crippen molar-refractivity contribution in [1.29, 1.82) is 0 Å². The maximum Gasteiger partial charge on any atom is 0.271 e. The summed E-state index contributed by atoms with van der Waals surface area (Å²) in [5.41, 5.74) is 0.386. The zero-order valence-corrected chi connectivity index (χ0v) is 8.52. The molecule has 4 heteroatoms. The molecule has 1 fully saturated rings. The fourth-order valence-corrected chi connectivity index (χ4v) is 1.74. The standard InChI is InChI=1S/C11H14N3O/c15-11(10-8-12-6-7-13-10)14-9-4-2-1-3-5-9/h4,6-9H,1-3,5H2,(H,14,15). The Kier molecular flexibility index (Phi) is 3.27. The summed E-state index contributed by atoms with van der Waals surface area (Å²) in [5.74, 6) is -0.133. The highest BCUT2D eigenvalue weighted by Crippen LogP contribution is 2.16. The number of carbonyl (C=O) groups excluding carboxylic acids is 1. The number of hydrogen-bond acceptors (Lipinski definition) is 3. The molecule has 1 aliphatic rings. The van der Waals surface area contributed by atoms with Gasteiger partial charge in [-0.05, 0) is 19.3 Å². The van der Waals surface area contributed by atoms with Crippen LogP contribution in [0.15, 0.2) is 18.6 Å². The number of hydrogen-bond donors (Lipinski definition) is 1. The molecule has 1 aromatic heterocycles. The van der Waals surface area contributed by atoms with Gasteiger partial charge in [0.2, 0.25) is 0 Å². The molecule has 1 N–H and O–H groups in total. The lowest BCUT2D eigenvalue weighted by atomic mass is 9.95. The van der Waals surface area contributed by atoms with Crippen LogP contribution in [-0.4, -0.2) is 21.9 Å². The van der Waals surface area contributed by atoms with Crippen LogP contribution in [0.25, 0.3) is 0 Å². The lowest BCUT2D eigenvalue weighted by Gasteiger charge is -2.21. The first-order valence-corrected chi connectivity index (χ1v) is 5.26. The number of rotatable bonds is 2. The van der Waals surface area contributed by atoms with Gasteiger partial charge in [-0.3, -0.25) is 9.78 Å². The zero-order valence-electron chi connectivity index (χ0n) is 8.52. The molecule has 4 nitrogen and oxygen atoms in total. The molecule has 1 heterocycles. The molecule has 1 aromatic rings. The topological polar surface area (TPSA) is 54.9 Å². The van der Waals surface area contributed by atoms with E-state index < -0.39 is 0 Å². The number of amides is 1. The molecule has 0 aromatic carbocycles. The smallest absolute Gasteiger partial charge is 0.271 e. The molecule has 0 spiro atoms. The number of carbonyl (C=O) groups is 1. The van der Waals surface area contributed by atoms with Crippen LogP contribution in [-0.2, 0) is 0 Å². The minimum absolute atomic E-state index is 0.133. The third kappa shape index (κ3) is 2.75. The molecule has 79 valence electrons. The number of nitrogens with zero attached hydrogens (tertiary/aromatic N) is 2. The molecule has 15 heavy (non-hydrogen) atoms. The van der Waals surface area contributed by atoms with Crippen LogP contribution in [0, 0.1) is 6.42 Å². The largest absolute Gasteiger partial charge is 0.348 e. The summed E-state index contributed by atoms with van der Waals surface area (Å²) in [7, 11) is 0. The second-order valence-corrected chi connectivity index (χ2v) is 3.69. The van der Waals surface area contributed by atoms with Gasteiger partial charge in [-0.2, -0.15) is 0 Å². The van der Waals surface area contributed by atoms with Crippen molar-refractivity contribution in [2.45, 2.75) is 31.7 Å². The highest BCUT2D eigenvalue weighted by molar-refractivity contribution is 5.92. The maximum atomic E-state index is 11.7. The van der Waals surface area contributed by atoms with Crippen molar-refractivity contribution in [3.8, 4) is 0 Å². The summed E-state index contributed by atoms with van der Waals surface area (Å²) in [4.78, 5) is 19.5. The molecule has 1 aliphatic carbocycles. The van der Waals surface area contributed by atoms with E-state index in [0.29, 0.717) is 5.69 Å². The van der Waals surface area contributed by atoms with Crippen LogP contribution in [0.2, 0.25) is 0 Å². The van der Waals surface area contributed by atoms with Gasteiger partial charge in [0.15, 0.2) is 0 Å². The second kappa shape index (κ2) is 4.87. The van der Waals surface area contributed by atoms with E-state index in [4.69, 9.17) is 0 Å². The summed E-state index contributed by atoms with van der Waals surface area (Å²) in [6.07, 6.45) is 11.3. The van der Waals surface area contributed by atoms with Crippen LogP contribution < -0.4 is 5.32 Å². The Bertz CT molecular complexity index is 320. The minimum atomic E-state index is -0.133. The highest BCUT2D eigenvalue weighted by atomic mass is 16.1. The maximum absolute atomic E-state index is 11.7. The predicted octanol–water partition coefficient (Wildman–Crippen LogP) is 1.35. The van der Waals surface area contributed by atoms with Gasteiger partial charge < -0.3 is 5.32 Å². The number of aromatic nitrogens is 2. The van der Waals surface area contributed by atoms with E-state index in [-0.39, 0.29) is 11.9 Å². The van der Waals surface area contributed by atoms with Crippen LogP contribution in [0.5, 0.6) is 0 Å². The van der Waals surface area contributed by atoms with Gasteiger partial charge in [0.25, 0.3) is 5.91 Å². The van der Waals surface area contributed by atoms with Gasteiger partial charge in [-0.25, -0.2) is 4.98 Å². The predicted molar refractivity (Wildman–Crippen MR) is 56.1 cm³/mol. The van der Waals surface area contributed by atoms with Crippen LogP contribution in [0.3, 0.4) is 0 Å². The van der Waals surface area contributed by atoms with Crippen molar-refractivity contribution in [3.05, 3.63) is 30.7 Å². The van der Waals surface area contributed by atoms with Crippen molar-refractivity contribution in [2.75, 3.05) is 0 Å². The highest BCUT2D eigenvalue weighted by Gasteiger charge is 2.17. The molecule has 1 atom stereocenters. The third-order valence-corrected chi connectivity index (χ3v) is 2.53. The molecule has 1 amide bonds. The molecule has 0 bridgehead atoms. The van der Waals surface area contributed by atoms with Gasteiger partial charge in [0, 0.05) is 18.4 Å². The normalized spacial score (nSPS) is 17.3. The summed E-state index contributed by atoms with van der Waals surface area (Å²) >= 11 is 0. The third-order valence-electron chi connectivity index (χ3n) is 2.53. The fraction of sp³-hybridized carbons (Fsp3) is 0.455. The molecule has 0 saturated heterocycles. The van der Waals surface area contributed by atoms with Gasteiger partial charge in [0.05, 0.1) is 6.20 Å². The van der Waals surface area contributed by atoms with Crippen LogP contribution in [0.1, 0.15) is 36.2 Å². The average Bonchev–Trinajstić information content (AvgIpc) is 2.31. The Labute approximate surface area is 89.1 Å².